The standard InChI is InChI=1S/C18H14BrN3O2S2/c19-13-3-1-11(2-4-13)15-16(23)20-6-7-22(15)18(24)14-10-26-17(21-14)12-5-8-25-9-12/h1-5,8-10,15H,6-7H2,(H,20,23)/t15-/m1/s1. The molecule has 132 valence electrons. The maximum absolute atomic E-state index is 13.1. The number of aromatic nitrogens is 1. The van der Waals surface area contributed by atoms with E-state index in [1.165, 1.54) is 11.3 Å². The fraction of sp³-hybridized carbons (Fsp3) is 0.167. The second-order valence-electron chi connectivity index (χ2n) is 5.79. The van der Waals surface area contributed by atoms with Gasteiger partial charge in [-0.15, -0.1) is 11.3 Å². The smallest absolute Gasteiger partial charge is 0.274 e. The SMILES string of the molecule is O=C1NCCN(C(=O)c2csc(-c3ccsc3)n2)[C@@H]1c1ccc(Br)cc1. The molecule has 1 saturated heterocycles. The average molecular weight is 448 g/mol. The summed E-state index contributed by atoms with van der Waals surface area (Å²) >= 11 is 6.43. The Balaban J connectivity index is 1.64. The zero-order valence-electron chi connectivity index (χ0n) is 13.5. The first-order chi connectivity index (χ1) is 12.6. The van der Waals surface area contributed by atoms with Gasteiger partial charge in [0.1, 0.15) is 16.7 Å². The Kier molecular flexibility index (Phi) is 4.88. The highest BCUT2D eigenvalue weighted by molar-refractivity contribution is 9.10. The van der Waals surface area contributed by atoms with E-state index in [-0.39, 0.29) is 11.8 Å². The van der Waals surface area contributed by atoms with Crippen LogP contribution in [0.3, 0.4) is 0 Å². The van der Waals surface area contributed by atoms with E-state index in [4.69, 9.17) is 0 Å². The second kappa shape index (κ2) is 7.30. The van der Waals surface area contributed by atoms with Crippen molar-refractivity contribution in [1.82, 2.24) is 15.2 Å². The number of carbonyl (C=O) groups is 2. The van der Waals surface area contributed by atoms with Crippen LogP contribution in [0.15, 0.2) is 50.9 Å². The van der Waals surface area contributed by atoms with E-state index in [0.29, 0.717) is 18.8 Å². The lowest BCUT2D eigenvalue weighted by Crippen LogP contribution is -2.52. The topological polar surface area (TPSA) is 62.3 Å². The van der Waals surface area contributed by atoms with Crippen LogP contribution < -0.4 is 5.32 Å². The maximum Gasteiger partial charge on any atom is 0.274 e. The first-order valence-corrected chi connectivity index (χ1v) is 10.6. The Labute approximate surface area is 166 Å². The summed E-state index contributed by atoms with van der Waals surface area (Å²) in [5, 5.41) is 9.42. The fourth-order valence-electron chi connectivity index (χ4n) is 2.90. The van der Waals surface area contributed by atoms with E-state index in [1.54, 1.807) is 21.6 Å². The Hall–Kier alpha value is -2.03. The predicted octanol–water partition coefficient (Wildman–Crippen LogP) is 3.95. The summed E-state index contributed by atoms with van der Waals surface area (Å²) < 4.78 is 0.926. The van der Waals surface area contributed by atoms with E-state index in [0.717, 1.165) is 20.6 Å². The molecule has 4 rings (SSSR count). The summed E-state index contributed by atoms with van der Waals surface area (Å²) in [6.45, 7) is 0.899. The molecule has 0 spiro atoms. The number of carbonyl (C=O) groups excluding carboxylic acids is 2. The number of benzene rings is 1. The molecule has 0 unspecified atom stereocenters. The number of thiophene rings is 1. The van der Waals surface area contributed by atoms with Gasteiger partial charge in [-0.3, -0.25) is 9.59 Å². The van der Waals surface area contributed by atoms with Crippen LogP contribution in [0.5, 0.6) is 0 Å². The quantitative estimate of drug-likeness (QED) is 0.660. The van der Waals surface area contributed by atoms with Crippen LogP contribution in [0.25, 0.3) is 10.6 Å². The Morgan fingerprint density at radius 1 is 1.23 bits per heavy atom. The van der Waals surface area contributed by atoms with Gasteiger partial charge in [-0.1, -0.05) is 28.1 Å². The third-order valence-corrected chi connectivity index (χ3v) is 6.25. The number of amides is 2. The van der Waals surface area contributed by atoms with E-state index in [1.807, 2.05) is 41.1 Å². The van der Waals surface area contributed by atoms with E-state index in [2.05, 4.69) is 26.2 Å². The van der Waals surface area contributed by atoms with Crippen LogP contribution in [0, 0.1) is 0 Å². The third-order valence-electron chi connectivity index (χ3n) is 4.15. The molecule has 1 fully saturated rings. The number of piperazine rings is 1. The highest BCUT2D eigenvalue weighted by Gasteiger charge is 2.35. The molecule has 3 heterocycles. The molecular weight excluding hydrogens is 434 g/mol. The summed E-state index contributed by atoms with van der Waals surface area (Å²) in [7, 11) is 0. The minimum absolute atomic E-state index is 0.166. The largest absolute Gasteiger partial charge is 0.352 e. The van der Waals surface area contributed by atoms with Gasteiger partial charge in [0.25, 0.3) is 5.91 Å². The lowest BCUT2D eigenvalue weighted by atomic mass is 10.0. The van der Waals surface area contributed by atoms with Crippen molar-refractivity contribution in [3.05, 3.63) is 62.2 Å². The summed E-state index contributed by atoms with van der Waals surface area (Å²) in [6, 6.07) is 8.80. The van der Waals surface area contributed by atoms with Gasteiger partial charge in [0.2, 0.25) is 5.91 Å². The van der Waals surface area contributed by atoms with Gasteiger partial charge in [-0.05, 0) is 29.1 Å². The molecule has 1 aliphatic heterocycles. The normalized spacial score (nSPS) is 17.2. The highest BCUT2D eigenvalue weighted by Crippen LogP contribution is 2.29. The number of halogens is 1. The number of thiazole rings is 1. The second-order valence-corrected chi connectivity index (χ2v) is 8.35. The lowest BCUT2D eigenvalue weighted by molar-refractivity contribution is -0.128. The van der Waals surface area contributed by atoms with Crippen molar-refractivity contribution >= 4 is 50.4 Å². The number of hydrogen-bond donors (Lipinski definition) is 1. The molecule has 26 heavy (non-hydrogen) atoms. The predicted molar refractivity (Wildman–Crippen MR) is 106 cm³/mol. The molecule has 0 bridgehead atoms. The number of rotatable bonds is 3. The van der Waals surface area contributed by atoms with E-state index in [9.17, 15) is 9.59 Å². The van der Waals surface area contributed by atoms with Crippen LogP contribution in [0.4, 0.5) is 0 Å². The first-order valence-electron chi connectivity index (χ1n) is 7.96. The minimum Gasteiger partial charge on any atom is -0.352 e. The van der Waals surface area contributed by atoms with Crippen molar-refractivity contribution in [1.29, 1.82) is 0 Å². The summed E-state index contributed by atoms with van der Waals surface area (Å²) in [5.74, 6) is -0.384. The molecule has 1 N–H and O–H groups in total. The molecule has 8 heteroatoms. The highest BCUT2D eigenvalue weighted by atomic mass is 79.9. The van der Waals surface area contributed by atoms with Crippen LogP contribution in [0.2, 0.25) is 0 Å². The molecule has 0 saturated carbocycles. The van der Waals surface area contributed by atoms with E-state index < -0.39 is 6.04 Å². The molecule has 2 aromatic heterocycles. The van der Waals surface area contributed by atoms with Crippen molar-refractivity contribution in [3.63, 3.8) is 0 Å². The molecule has 0 radical (unpaired) electrons. The van der Waals surface area contributed by atoms with Gasteiger partial charge < -0.3 is 10.2 Å². The van der Waals surface area contributed by atoms with Crippen LogP contribution in [-0.4, -0.2) is 34.8 Å². The van der Waals surface area contributed by atoms with Crippen LogP contribution >= 0.6 is 38.6 Å². The third kappa shape index (κ3) is 3.32. The van der Waals surface area contributed by atoms with Gasteiger partial charge in [0, 0.05) is 33.9 Å². The Bertz CT molecular complexity index is 938. The van der Waals surface area contributed by atoms with Gasteiger partial charge in [-0.2, -0.15) is 11.3 Å². The molecule has 0 aliphatic carbocycles. The van der Waals surface area contributed by atoms with Gasteiger partial charge in [-0.25, -0.2) is 4.98 Å². The lowest BCUT2D eigenvalue weighted by Gasteiger charge is -2.34. The summed E-state index contributed by atoms with van der Waals surface area (Å²) in [6.07, 6.45) is 0. The van der Waals surface area contributed by atoms with Crippen molar-refractivity contribution in [2.75, 3.05) is 13.1 Å². The zero-order chi connectivity index (χ0) is 18.1. The molecule has 3 aromatic rings. The van der Waals surface area contributed by atoms with Crippen molar-refractivity contribution < 1.29 is 9.59 Å². The van der Waals surface area contributed by atoms with Gasteiger partial charge >= 0.3 is 0 Å². The molecule has 2 amide bonds. The monoisotopic (exact) mass is 447 g/mol. The first kappa shape index (κ1) is 17.4. The summed E-state index contributed by atoms with van der Waals surface area (Å²) in [4.78, 5) is 31.6. The molecule has 1 aromatic carbocycles. The Morgan fingerprint density at radius 2 is 2.04 bits per heavy atom. The van der Waals surface area contributed by atoms with E-state index >= 15 is 0 Å². The van der Waals surface area contributed by atoms with Crippen molar-refractivity contribution in [2.24, 2.45) is 0 Å². The maximum atomic E-state index is 13.1. The number of nitrogens with one attached hydrogen (secondary N) is 1. The Morgan fingerprint density at radius 3 is 2.77 bits per heavy atom. The van der Waals surface area contributed by atoms with Crippen molar-refractivity contribution in [3.8, 4) is 10.6 Å². The average Bonchev–Trinajstić information content (AvgIpc) is 3.33. The van der Waals surface area contributed by atoms with Crippen molar-refractivity contribution in [2.45, 2.75) is 6.04 Å². The molecule has 1 aliphatic rings. The van der Waals surface area contributed by atoms with Gasteiger partial charge in [0.05, 0.1) is 0 Å². The summed E-state index contributed by atoms with van der Waals surface area (Å²) in [5.41, 5.74) is 2.18. The van der Waals surface area contributed by atoms with Gasteiger partial charge in [0.15, 0.2) is 0 Å². The zero-order valence-corrected chi connectivity index (χ0v) is 16.7. The fourth-order valence-corrected chi connectivity index (χ4v) is 4.67. The molecule has 1 atom stereocenters. The van der Waals surface area contributed by atoms with Crippen LogP contribution in [-0.2, 0) is 4.79 Å². The minimum atomic E-state index is -0.643. The number of nitrogens with zero attached hydrogens (tertiary/aromatic N) is 2. The number of hydrogen-bond acceptors (Lipinski definition) is 5. The molecule has 5 nitrogen and oxygen atoms in total. The molecular formula is C18H14BrN3O2S2. The van der Waals surface area contributed by atoms with Crippen LogP contribution in [0.1, 0.15) is 22.1 Å².